The Morgan fingerprint density at radius 1 is 1.45 bits per heavy atom. The molecule has 0 aliphatic carbocycles. The molecule has 0 saturated carbocycles. The normalized spacial score (nSPS) is 20.5. The van der Waals surface area contributed by atoms with Crippen molar-refractivity contribution in [3.05, 3.63) is 30.5 Å². The van der Waals surface area contributed by atoms with Crippen LogP contribution in [0.15, 0.2) is 24.7 Å². The van der Waals surface area contributed by atoms with Crippen molar-refractivity contribution in [3.8, 4) is 11.4 Å². The van der Waals surface area contributed by atoms with E-state index in [1.54, 1.807) is 12.5 Å². The first-order chi connectivity index (χ1) is 14.9. The molecular formula is C20H27F2N7OS. The maximum absolute atomic E-state index is 12.5. The number of aromatic nitrogens is 4. The Bertz CT molecular complexity index is 905. The highest BCUT2D eigenvalue weighted by Gasteiger charge is 2.31. The second-order valence-electron chi connectivity index (χ2n) is 7.41. The van der Waals surface area contributed by atoms with Crippen LogP contribution in [0.1, 0.15) is 32.0 Å². The number of halogens is 2. The van der Waals surface area contributed by atoms with Gasteiger partial charge in [-0.1, -0.05) is 6.92 Å². The van der Waals surface area contributed by atoms with Crippen molar-refractivity contribution in [2.75, 3.05) is 24.2 Å². The van der Waals surface area contributed by atoms with Gasteiger partial charge in [0.2, 0.25) is 0 Å². The van der Waals surface area contributed by atoms with Crippen LogP contribution in [-0.4, -0.2) is 62.0 Å². The molecule has 1 aliphatic heterocycles. The number of H-pyrrole nitrogens is 1. The van der Waals surface area contributed by atoms with Gasteiger partial charge in [-0.3, -0.25) is 5.41 Å². The van der Waals surface area contributed by atoms with E-state index in [4.69, 9.17) is 5.41 Å². The van der Waals surface area contributed by atoms with Crippen molar-refractivity contribution < 1.29 is 13.3 Å². The molecule has 3 unspecified atom stereocenters. The fourth-order valence-electron chi connectivity index (χ4n) is 3.88. The van der Waals surface area contributed by atoms with Crippen LogP contribution in [-0.2, 0) is 11.4 Å². The zero-order chi connectivity index (χ0) is 22.4. The number of piperidine rings is 1. The topological polar surface area (TPSA) is 117 Å². The molecule has 2 aromatic heterocycles. The molecule has 0 aromatic carbocycles. The summed E-state index contributed by atoms with van der Waals surface area (Å²) in [6.07, 6.45) is 7.30. The number of alkyl halides is 2. The number of imidazole rings is 1. The van der Waals surface area contributed by atoms with E-state index in [0.29, 0.717) is 29.7 Å². The molecule has 2 aromatic rings. The van der Waals surface area contributed by atoms with Gasteiger partial charge in [-0.2, -0.15) is 0 Å². The lowest BCUT2D eigenvalue weighted by Gasteiger charge is -2.41. The second-order valence-corrected chi connectivity index (χ2v) is 8.60. The minimum absolute atomic E-state index is 0.271. The highest BCUT2D eigenvalue weighted by molar-refractivity contribution is 7.88. The summed E-state index contributed by atoms with van der Waals surface area (Å²) in [5.74, 6) is 1.55. The van der Waals surface area contributed by atoms with Crippen molar-refractivity contribution in [2.24, 2.45) is 5.92 Å². The van der Waals surface area contributed by atoms with Gasteiger partial charge in [-0.15, -0.1) is 4.72 Å². The molecule has 168 valence electrons. The van der Waals surface area contributed by atoms with Gasteiger partial charge in [0.15, 0.2) is 0 Å². The van der Waals surface area contributed by atoms with E-state index in [9.17, 15) is 13.3 Å². The zero-order valence-corrected chi connectivity index (χ0v) is 18.3. The molecule has 11 heteroatoms. The lowest BCUT2D eigenvalue weighted by atomic mass is 9.87. The molecule has 8 nitrogen and oxygen atoms in total. The number of aromatic amines is 1. The van der Waals surface area contributed by atoms with Crippen LogP contribution < -0.4 is 9.62 Å². The van der Waals surface area contributed by atoms with E-state index in [1.165, 1.54) is 12.4 Å². The van der Waals surface area contributed by atoms with Gasteiger partial charge in [0.05, 0.1) is 23.3 Å². The van der Waals surface area contributed by atoms with Crippen LogP contribution in [0.3, 0.4) is 0 Å². The first-order valence-electron chi connectivity index (χ1n) is 10.1. The van der Waals surface area contributed by atoms with Crippen LogP contribution in [0.5, 0.6) is 0 Å². The van der Waals surface area contributed by atoms with Crippen molar-refractivity contribution in [1.82, 2.24) is 24.7 Å². The molecule has 3 heterocycles. The number of hydrogen-bond acceptors (Lipinski definition) is 7. The van der Waals surface area contributed by atoms with Gasteiger partial charge >= 0.3 is 0 Å². The van der Waals surface area contributed by atoms with Crippen molar-refractivity contribution in [2.45, 2.75) is 38.7 Å². The van der Waals surface area contributed by atoms with Crippen LogP contribution in [0, 0.1) is 11.3 Å². The Morgan fingerprint density at radius 2 is 2.26 bits per heavy atom. The van der Waals surface area contributed by atoms with E-state index in [2.05, 4.69) is 36.5 Å². The molecule has 1 aliphatic rings. The van der Waals surface area contributed by atoms with E-state index in [-0.39, 0.29) is 6.04 Å². The number of nitrogens with one attached hydrogen (secondary N) is 3. The molecule has 1 saturated heterocycles. The Morgan fingerprint density at radius 3 is 2.97 bits per heavy atom. The maximum atomic E-state index is 12.5. The number of allylic oxidation sites excluding steroid dienone is 1. The minimum atomic E-state index is -2.82. The molecule has 31 heavy (non-hydrogen) atoms. The third kappa shape index (κ3) is 6.08. The summed E-state index contributed by atoms with van der Waals surface area (Å²) < 4.78 is 39.4. The molecule has 0 spiro atoms. The first-order valence-corrected chi connectivity index (χ1v) is 11.7. The fourth-order valence-corrected chi connectivity index (χ4v) is 4.33. The quantitative estimate of drug-likeness (QED) is 0.399. The smallest absolute Gasteiger partial charge is 0.279 e. The van der Waals surface area contributed by atoms with Crippen LogP contribution in [0.2, 0.25) is 0 Å². The van der Waals surface area contributed by atoms with Crippen molar-refractivity contribution >= 4 is 29.0 Å². The Hall–Kier alpha value is -2.37. The number of rotatable bonds is 9. The SMILES string of the molecule is CCC1C(CN[S+](C)[O-])CCCN1c1cc(-c2cnc(/C=C\C(=N)C(F)F)[nH]2)ncn1. The van der Waals surface area contributed by atoms with Crippen LogP contribution in [0.25, 0.3) is 17.5 Å². The summed E-state index contributed by atoms with van der Waals surface area (Å²) in [4.78, 5) is 18.3. The van der Waals surface area contributed by atoms with Crippen molar-refractivity contribution in [1.29, 1.82) is 5.41 Å². The predicted octanol–water partition coefficient (Wildman–Crippen LogP) is 3.04. The van der Waals surface area contributed by atoms with Gasteiger partial charge in [-0.05, 0) is 37.3 Å². The van der Waals surface area contributed by atoms with Crippen molar-refractivity contribution in [3.63, 3.8) is 0 Å². The molecule has 3 N–H and O–H groups in total. The van der Waals surface area contributed by atoms with E-state index >= 15 is 0 Å². The Kier molecular flexibility index (Phi) is 8.10. The van der Waals surface area contributed by atoms with Crippen LogP contribution in [0.4, 0.5) is 14.6 Å². The molecule has 0 bridgehead atoms. The van der Waals surface area contributed by atoms with E-state index < -0.39 is 23.5 Å². The van der Waals surface area contributed by atoms with Gasteiger partial charge in [-0.25, -0.2) is 23.7 Å². The highest BCUT2D eigenvalue weighted by Crippen LogP contribution is 2.30. The summed E-state index contributed by atoms with van der Waals surface area (Å²) >= 11 is -1.04. The molecule has 0 amide bonds. The predicted molar refractivity (Wildman–Crippen MR) is 119 cm³/mol. The average Bonchev–Trinajstić information content (AvgIpc) is 3.24. The minimum Gasteiger partial charge on any atom is -0.598 e. The highest BCUT2D eigenvalue weighted by atomic mass is 32.2. The summed E-state index contributed by atoms with van der Waals surface area (Å²) in [5.41, 5.74) is 0.510. The second kappa shape index (κ2) is 10.8. The Labute approximate surface area is 183 Å². The first kappa shape index (κ1) is 23.3. The van der Waals surface area contributed by atoms with E-state index in [1.807, 2.05) is 6.07 Å². The van der Waals surface area contributed by atoms with Gasteiger partial charge < -0.3 is 14.4 Å². The Balaban J connectivity index is 1.77. The summed E-state index contributed by atoms with van der Waals surface area (Å²) in [7, 11) is 0. The monoisotopic (exact) mass is 451 g/mol. The number of anilines is 1. The third-order valence-electron chi connectivity index (χ3n) is 5.36. The van der Waals surface area contributed by atoms with Gasteiger partial charge in [0.1, 0.15) is 24.2 Å². The third-order valence-corrected chi connectivity index (χ3v) is 5.93. The molecule has 1 fully saturated rings. The number of hydrogen-bond donors (Lipinski definition) is 3. The largest absolute Gasteiger partial charge is 0.598 e. The fraction of sp³-hybridized carbons (Fsp3) is 0.500. The maximum Gasteiger partial charge on any atom is 0.279 e. The molecule has 3 atom stereocenters. The number of nitrogens with zero attached hydrogens (tertiary/aromatic N) is 4. The summed E-state index contributed by atoms with van der Waals surface area (Å²) in [6.45, 7) is 3.72. The van der Waals surface area contributed by atoms with E-state index in [0.717, 1.165) is 37.7 Å². The molecule has 3 rings (SSSR count). The standard InChI is InChI=1S/C20H27F2N7OS/c1-3-17-13(10-27-31(2)30)5-4-8-29(17)19-9-15(25-12-26-19)16-11-24-18(28-16)7-6-14(23)20(21)22/h6-7,9,11-13,17,20,23,27H,3-5,8,10H2,1-2H3,(H,24,28)/b7-6-,23-14?. The van der Waals surface area contributed by atoms with Gasteiger partial charge in [0.25, 0.3) is 6.43 Å². The average molecular weight is 452 g/mol. The summed E-state index contributed by atoms with van der Waals surface area (Å²) in [5, 5.41) is 7.19. The zero-order valence-electron chi connectivity index (χ0n) is 17.5. The lowest BCUT2D eigenvalue weighted by molar-refractivity contribution is 0.226. The molecule has 0 radical (unpaired) electrons. The van der Waals surface area contributed by atoms with Gasteiger partial charge in [0, 0.05) is 36.6 Å². The lowest BCUT2D eigenvalue weighted by Crippen LogP contribution is -2.49. The van der Waals surface area contributed by atoms with Crippen LogP contribution >= 0.6 is 0 Å². The molecular weight excluding hydrogens is 424 g/mol. The summed E-state index contributed by atoms with van der Waals surface area (Å²) in [6, 6.07) is 2.16.